The first-order chi connectivity index (χ1) is 6.04. The summed E-state index contributed by atoms with van der Waals surface area (Å²) in [5.41, 5.74) is 0.493. The van der Waals surface area contributed by atoms with Gasteiger partial charge in [-0.3, -0.25) is 0 Å². The summed E-state index contributed by atoms with van der Waals surface area (Å²) in [4.78, 5) is 0. The SMILES string of the molecule is CCC(C)(CCSC)CNC(C)C. The van der Waals surface area contributed by atoms with Crippen molar-refractivity contribution in [2.45, 2.75) is 46.6 Å². The fourth-order valence-electron chi connectivity index (χ4n) is 1.19. The molecule has 0 saturated heterocycles. The molecule has 0 fully saturated rings. The second-order valence-electron chi connectivity index (χ2n) is 4.44. The average molecular weight is 203 g/mol. The smallest absolute Gasteiger partial charge is 0.00106 e. The Hall–Kier alpha value is 0.310. The zero-order valence-corrected chi connectivity index (χ0v) is 10.6. The van der Waals surface area contributed by atoms with E-state index in [0.29, 0.717) is 11.5 Å². The van der Waals surface area contributed by atoms with Crippen LogP contribution >= 0.6 is 11.8 Å². The van der Waals surface area contributed by atoms with Gasteiger partial charge in [-0.15, -0.1) is 0 Å². The van der Waals surface area contributed by atoms with Crippen molar-refractivity contribution in [1.29, 1.82) is 0 Å². The Labute approximate surface area is 88.1 Å². The summed E-state index contributed by atoms with van der Waals surface area (Å²) in [6.07, 6.45) is 4.78. The minimum Gasteiger partial charge on any atom is -0.314 e. The van der Waals surface area contributed by atoms with Crippen LogP contribution in [0.2, 0.25) is 0 Å². The molecule has 1 N–H and O–H groups in total. The first-order valence-corrected chi connectivity index (χ1v) is 6.66. The largest absolute Gasteiger partial charge is 0.314 e. The molecule has 0 rings (SSSR count). The van der Waals surface area contributed by atoms with Crippen LogP contribution in [0.3, 0.4) is 0 Å². The predicted molar refractivity (Wildman–Crippen MR) is 64.5 cm³/mol. The second kappa shape index (κ2) is 6.72. The molecule has 0 aliphatic carbocycles. The van der Waals surface area contributed by atoms with E-state index >= 15 is 0 Å². The molecule has 13 heavy (non-hydrogen) atoms. The van der Waals surface area contributed by atoms with Gasteiger partial charge in [0.1, 0.15) is 0 Å². The molecule has 0 spiro atoms. The van der Waals surface area contributed by atoms with Crippen LogP contribution < -0.4 is 5.32 Å². The number of rotatable bonds is 7. The van der Waals surface area contributed by atoms with Crippen LogP contribution in [0, 0.1) is 5.41 Å². The predicted octanol–water partition coefficient (Wildman–Crippen LogP) is 3.15. The second-order valence-corrected chi connectivity index (χ2v) is 5.43. The summed E-state index contributed by atoms with van der Waals surface area (Å²) >= 11 is 1.95. The van der Waals surface area contributed by atoms with E-state index < -0.39 is 0 Å². The molecule has 0 aliphatic rings. The molecule has 0 aromatic heterocycles. The maximum absolute atomic E-state index is 3.54. The molecule has 1 nitrogen and oxygen atoms in total. The van der Waals surface area contributed by atoms with Crippen LogP contribution in [-0.4, -0.2) is 24.6 Å². The van der Waals surface area contributed by atoms with E-state index in [2.05, 4.69) is 39.3 Å². The summed E-state index contributed by atoms with van der Waals surface area (Å²) in [6, 6.07) is 0.611. The normalized spacial score (nSPS) is 16.2. The molecule has 0 bridgehead atoms. The van der Waals surface area contributed by atoms with E-state index in [1.807, 2.05) is 11.8 Å². The van der Waals surface area contributed by atoms with Gasteiger partial charge in [0.25, 0.3) is 0 Å². The highest BCUT2D eigenvalue weighted by Gasteiger charge is 2.21. The molecule has 0 radical (unpaired) electrons. The number of hydrogen-bond acceptors (Lipinski definition) is 2. The Morgan fingerprint density at radius 1 is 1.38 bits per heavy atom. The van der Waals surface area contributed by atoms with Crippen LogP contribution in [0.1, 0.15) is 40.5 Å². The summed E-state index contributed by atoms with van der Waals surface area (Å²) in [5.74, 6) is 1.28. The molecular formula is C11H25NS. The molecule has 0 saturated carbocycles. The van der Waals surface area contributed by atoms with Gasteiger partial charge >= 0.3 is 0 Å². The molecule has 0 amide bonds. The van der Waals surface area contributed by atoms with E-state index in [1.54, 1.807) is 0 Å². The maximum Gasteiger partial charge on any atom is 0.00106 e. The summed E-state index contributed by atoms with van der Waals surface area (Å²) < 4.78 is 0. The lowest BCUT2D eigenvalue weighted by Gasteiger charge is -2.29. The lowest BCUT2D eigenvalue weighted by molar-refractivity contribution is 0.275. The Balaban J connectivity index is 3.81. The Morgan fingerprint density at radius 3 is 2.38 bits per heavy atom. The van der Waals surface area contributed by atoms with Crippen LogP contribution in [-0.2, 0) is 0 Å². The van der Waals surface area contributed by atoms with Gasteiger partial charge in [-0.2, -0.15) is 11.8 Å². The van der Waals surface area contributed by atoms with E-state index in [4.69, 9.17) is 0 Å². The lowest BCUT2D eigenvalue weighted by atomic mass is 9.84. The van der Waals surface area contributed by atoms with Crippen LogP contribution in [0.25, 0.3) is 0 Å². The third-order valence-corrected chi connectivity index (χ3v) is 3.31. The minimum absolute atomic E-state index is 0.493. The number of nitrogens with one attached hydrogen (secondary N) is 1. The van der Waals surface area contributed by atoms with E-state index in [1.165, 1.54) is 18.6 Å². The quantitative estimate of drug-likeness (QED) is 0.682. The van der Waals surface area contributed by atoms with Gasteiger partial charge < -0.3 is 5.32 Å². The molecule has 0 heterocycles. The highest BCUT2D eigenvalue weighted by molar-refractivity contribution is 7.98. The van der Waals surface area contributed by atoms with Crippen LogP contribution in [0.5, 0.6) is 0 Å². The minimum atomic E-state index is 0.493. The first kappa shape index (κ1) is 13.3. The first-order valence-electron chi connectivity index (χ1n) is 5.26. The maximum atomic E-state index is 3.54. The van der Waals surface area contributed by atoms with Crippen LogP contribution in [0.4, 0.5) is 0 Å². The van der Waals surface area contributed by atoms with Gasteiger partial charge in [0.15, 0.2) is 0 Å². The van der Waals surface area contributed by atoms with Gasteiger partial charge in [-0.05, 0) is 30.3 Å². The van der Waals surface area contributed by atoms with Crippen molar-refractivity contribution >= 4 is 11.8 Å². The highest BCUT2D eigenvalue weighted by Crippen LogP contribution is 2.26. The standard InChI is InChI=1S/C11H25NS/c1-6-11(4,7-8-13-5)9-12-10(2)3/h10,12H,6-9H2,1-5H3. The van der Waals surface area contributed by atoms with Crippen molar-refractivity contribution in [3.05, 3.63) is 0 Å². The number of thioether (sulfide) groups is 1. The van der Waals surface area contributed by atoms with E-state index in [0.717, 1.165) is 6.54 Å². The monoisotopic (exact) mass is 203 g/mol. The van der Waals surface area contributed by atoms with Crippen molar-refractivity contribution in [2.75, 3.05) is 18.6 Å². The summed E-state index contributed by atoms with van der Waals surface area (Å²) in [5, 5.41) is 3.54. The van der Waals surface area contributed by atoms with E-state index in [9.17, 15) is 0 Å². The van der Waals surface area contributed by atoms with Gasteiger partial charge in [0.2, 0.25) is 0 Å². The average Bonchev–Trinajstić information content (AvgIpc) is 2.11. The Kier molecular flexibility index (Phi) is 6.88. The summed E-state index contributed by atoms with van der Waals surface area (Å²) in [7, 11) is 0. The molecule has 80 valence electrons. The fraction of sp³-hybridized carbons (Fsp3) is 1.00. The van der Waals surface area contributed by atoms with Gasteiger partial charge in [0, 0.05) is 12.6 Å². The molecule has 2 heteroatoms. The molecule has 0 aromatic carbocycles. The third-order valence-electron chi connectivity index (χ3n) is 2.70. The molecular weight excluding hydrogens is 178 g/mol. The Morgan fingerprint density at radius 2 is 2.00 bits per heavy atom. The van der Waals surface area contributed by atoms with Crippen molar-refractivity contribution in [2.24, 2.45) is 5.41 Å². The zero-order chi connectivity index (χ0) is 10.3. The van der Waals surface area contributed by atoms with Gasteiger partial charge in [-0.25, -0.2) is 0 Å². The topological polar surface area (TPSA) is 12.0 Å². The molecule has 0 aromatic rings. The fourth-order valence-corrected chi connectivity index (χ4v) is 1.89. The Bertz CT molecular complexity index is 125. The van der Waals surface area contributed by atoms with Gasteiger partial charge in [-0.1, -0.05) is 27.7 Å². The summed E-state index contributed by atoms with van der Waals surface area (Å²) in [6.45, 7) is 10.3. The lowest BCUT2D eigenvalue weighted by Crippen LogP contribution is -2.35. The van der Waals surface area contributed by atoms with Crippen LogP contribution in [0.15, 0.2) is 0 Å². The van der Waals surface area contributed by atoms with Crippen molar-refractivity contribution < 1.29 is 0 Å². The number of hydrogen-bond donors (Lipinski definition) is 1. The van der Waals surface area contributed by atoms with E-state index in [-0.39, 0.29) is 0 Å². The highest BCUT2D eigenvalue weighted by atomic mass is 32.2. The van der Waals surface area contributed by atoms with Gasteiger partial charge in [0.05, 0.1) is 0 Å². The van der Waals surface area contributed by atoms with Crippen molar-refractivity contribution in [3.63, 3.8) is 0 Å². The van der Waals surface area contributed by atoms with Crippen molar-refractivity contribution in [3.8, 4) is 0 Å². The van der Waals surface area contributed by atoms with Crippen molar-refractivity contribution in [1.82, 2.24) is 5.32 Å². The third kappa shape index (κ3) is 6.39. The molecule has 1 atom stereocenters. The molecule has 0 aliphatic heterocycles. The molecule has 1 unspecified atom stereocenters. The zero-order valence-electron chi connectivity index (χ0n) is 9.81.